The Kier molecular flexibility index (Phi) is 5.33. The van der Waals surface area contributed by atoms with E-state index in [1.165, 1.54) is 18.9 Å². The molecule has 0 aliphatic carbocycles. The Hall–Kier alpha value is -0.890. The van der Waals surface area contributed by atoms with Crippen molar-refractivity contribution in [3.63, 3.8) is 0 Å². The van der Waals surface area contributed by atoms with E-state index < -0.39 is 0 Å². The normalized spacial score (nSPS) is 12.7. The molecular formula is C13H20FN. The first-order valence-electron chi connectivity index (χ1n) is 5.73. The van der Waals surface area contributed by atoms with Crippen LogP contribution >= 0.6 is 0 Å². The van der Waals surface area contributed by atoms with Gasteiger partial charge >= 0.3 is 0 Å². The highest BCUT2D eigenvalue weighted by atomic mass is 19.1. The average molecular weight is 209 g/mol. The van der Waals surface area contributed by atoms with E-state index in [-0.39, 0.29) is 11.9 Å². The fourth-order valence-electron chi connectivity index (χ4n) is 1.63. The molecule has 0 saturated heterocycles. The van der Waals surface area contributed by atoms with Crippen LogP contribution < -0.4 is 5.32 Å². The summed E-state index contributed by atoms with van der Waals surface area (Å²) in [6.07, 6.45) is 3.61. The zero-order chi connectivity index (χ0) is 11.1. The lowest BCUT2D eigenvalue weighted by atomic mass is 10.1. The summed E-state index contributed by atoms with van der Waals surface area (Å²) in [5.41, 5.74) is 0.758. The van der Waals surface area contributed by atoms with E-state index in [1.54, 1.807) is 6.07 Å². The minimum absolute atomic E-state index is 0.100. The molecule has 0 bridgehead atoms. The fourth-order valence-corrected chi connectivity index (χ4v) is 1.63. The third kappa shape index (κ3) is 4.00. The van der Waals surface area contributed by atoms with Crippen LogP contribution in [0.25, 0.3) is 0 Å². The van der Waals surface area contributed by atoms with E-state index in [4.69, 9.17) is 0 Å². The molecule has 0 aromatic heterocycles. The number of nitrogens with one attached hydrogen (secondary N) is 1. The Balaban J connectivity index is 2.40. The third-order valence-corrected chi connectivity index (χ3v) is 2.60. The van der Waals surface area contributed by atoms with Crippen LogP contribution in [0.15, 0.2) is 24.3 Å². The number of benzene rings is 1. The smallest absolute Gasteiger partial charge is 0.127 e. The molecule has 0 radical (unpaired) electrons. The van der Waals surface area contributed by atoms with Gasteiger partial charge in [-0.1, -0.05) is 38.0 Å². The predicted molar refractivity (Wildman–Crippen MR) is 62.3 cm³/mol. The van der Waals surface area contributed by atoms with Crippen LogP contribution in [0.1, 0.15) is 44.7 Å². The summed E-state index contributed by atoms with van der Waals surface area (Å²) >= 11 is 0. The first-order valence-corrected chi connectivity index (χ1v) is 5.73. The Bertz CT molecular complexity index is 286. The van der Waals surface area contributed by atoms with Crippen molar-refractivity contribution in [3.05, 3.63) is 35.6 Å². The third-order valence-electron chi connectivity index (χ3n) is 2.60. The van der Waals surface area contributed by atoms with Gasteiger partial charge in [0.05, 0.1) is 0 Å². The van der Waals surface area contributed by atoms with E-state index in [0.29, 0.717) is 0 Å². The maximum atomic E-state index is 13.4. The summed E-state index contributed by atoms with van der Waals surface area (Å²) < 4.78 is 13.4. The molecule has 1 N–H and O–H groups in total. The van der Waals surface area contributed by atoms with E-state index in [2.05, 4.69) is 12.2 Å². The Morgan fingerprint density at radius 1 is 1.27 bits per heavy atom. The summed E-state index contributed by atoms with van der Waals surface area (Å²) in [7, 11) is 0. The second-order valence-corrected chi connectivity index (χ2v) is 3.90. The van der Waals surface area contributed by atoms with Gasteiger partial charge in [-0.05, 0) is 26.0 Å². The molecule has 1 aromatic rings. The molecule has 1 nitrogen and oxygen atoms in total. The first-order chi connectivity index (χ1) is 7.25. The molecule has 0 aliphatic rings. The number of unbranched alkanes of at least 4 members (excludes halogenated alkanes) is 2. The van der Waals surface area contributed by atoms with Crippen LogP contribution in [0.4, 0.5) is 4.39 Å². The predicted octanol–water partition coefficient (Wildman–Crippen LogP) is 3.67. The maximum Gasteiger partial charge on any atom is 0.127 e. The van der Waals surface area contributed by atoms with Crippen molar-refractivity contribution >= 4 is 0 Å². The van der Waals surface area contributed by atoms with E-state index in [9.17, 15) is 4.39 Å². The van der Waals surface area contributed by atoms with Gasteiger partial charge in [-0.3, -0.25) is 0 Å². The van der Waals surface area contributed by atoms with Crippen LogP contribution in [0, 0.1) is 5.82 Å². The van der Waals surface area contributed by atoms with Crippen molar-refractivity contribution in [1.29, 1.82) is 0 Å². The van der Waals surface area contributed by atoms with Gasteiger partial charge in [-0.25, -0.2) is 4.39 Å². The first kappa shape index (κ1) is 12.2. The summed E-state index contributed by atoms with van der Waals surface area (Å²) in [6, 6.07) is 7.06. The van der Waals surface area contributed by atoms with Gasteiger partial charge < -0.3 is 5.32 Å². The van der Waals surface area contributed by atoms with Gasteiger partial charge in [-0.15, -0.1) is 0 Å². The summed E-state index contributed by atoms with van der Waals surface area (Å²) in [4.78, 5) is 0. The van der Waals surface area contributed by atoms with Gasteiger partial charge in [0.1, 0.15) is 5.82 Å². The molecule has 0 amide bonds. The van der Waals surface area contributed by atoms with Crippen molar-refractivity contribution in [1.82, 2.24) is 5.32 Å². The standard InChI is InChI=1S/C13H20FN/c1-3-4-7-10-15-11(2)12-8-5-6-9-13(12)14/h5-6,8-9,11,15H,3-4,7,10H2,1-2H3. The average Bonchev–Trinajstić information content (AvgIpc) is 2.25. The monoisotopic (exact) mass is 209 g/mol. The Morgan fingerprint density at radius 2 is 2.00 bits per heavy atom. The lowest BCUT2D eigenvalue weighted by molar-refractivity contribution is 0.513. The van der Waals surface area contributed by atoms with E-state index >= 15 is 0 Å². The van der Waals surface area contributed by atoms with Crippen LogP contribution in [0.3, 0.4) is 0 Å². The zero-order valence-electron chi connectivity index (χ0n) is 9.59. The highest BCUT2D eigenvalue weighted by molar-refractivity contribution is 5.20. The van der Waals surface area contributed by atoms with Crippen molar-refractivity contribution in [3.8, 4) is 0 Å². The highest BCUT2D eigenvalue weighted by Gasteiger charge is 2.08. The van der Waals surface area contributed by atoms with Crippen molar-refractivity contribution in [2.24, 2.45) is 0 Å². The molecule has 1 atom stereocenters. The molecule has 84 valence electrons. The van der Waals surface area contributed by atoms with Gasteiger partial charge in [0.2, 0.25) is 0 Å². The van der Waals surface area contributed by atoms with Crippen LogP contribution in [0.5, 0.6) is 0 Å². The molecule has 1 unspecified atom stereocenters. The lowest BCUT2D eigenvalue weighted by Crippen LogP contribution is -2.20. The molecule has 1 aromatic carbocycles. The van der Waals surface area contributed by atoms with Gasteiger partial charge in [0.15, 0.2) is 0 Å². The quantitative estimate of drug-likeness (QED) is 0.705. The second-order valence-electron chi connectivity index (χ2n) is 3.90. The molecule has 0 saturated carbocycles. The zero-order valence-corrected chi connectivity index (χ0v) is 9.59. The molecule has 0 fully saturated rings. The van der Waals surface area contributed by atoms with Crippen molar-refractivity contribution < 1.29 is 4.39 Å². The van der Waals surface area contributed by atoms with Crippen molar-refractivity contribution in [2.45, 2.75) is 39.2 Å². The highest BCUT2D eigenvalue weighted by Crippen LogP contribution is 2.15. The largest absolute Gasteiger partial charge is 0.310 e. The molecular weight excluding hydrogens is 189 g/mol. The number of hydrogen-bond acceptors (Lipinski definition) is 1. The van der Waals surface area contributed by atoms with Gasteiger partial charge in [0, 0.05) is 11.6 Å². The van der Waals surface area contributed by atoms with Crippen LogP contribution in [-0.4, -0.2) is 6.54 Å². The fraction of sp³-hybridized carbons (Fsp3) is 0.538. The SMILES string of the molecule is CCCCCNC(C)c1ccccc1F. The summed E-state index contributed by atoms with van der Waals surface area (Å²) in [5.74, 6) is -0.118. The number of hydrogen-bond donors (Lipinski definition) is 1. The summed E-state index contributed by atoms with van der Waals surface area (Å²) in [5, 5.41) is 3.33. The lowest BCUT2D eigenvalue weighted by Gasteiger charge is -2.14. The van der Waals surface area contributed by atoms with Gasteiger partial charge in [0.25, 0.3) is 0 Å². The maximum absolute atomic E-state index is 13.4. The van der Waals surface area contributed by atoms with E-state index in [1.807, 2.05) is 19.1 Å². The Morgan fingerprint density at radius 3 is 2.67 bits per heavy atom. The Labute approximate surface area is 91.7 Å². The summed E-state index contributed by atoms with van der Waals surface area (Å²) in [6.45, 7) is 5.15. The second kappa shape index (κ2) is 6.57. The molecule has 0 heterocycles. The van der Waals surface area contributed by atoms with E-state index in [0.717, 1.165) is 18.5 Å². The van der Waals surface area contributed by atoms with Gasteiger partial charge in [-0.2, -0.15) is 0 Å². The molecule has 2 heteroatoms. The number of halogens is 1. The number of rotatable bonds is 6. The minimum atomic E-state index is -0.118. The minimum Gasteiger partial charge on any atom is -0.310 e. The molecule has 0 aliphatic heterocycles. The van der Waals surface area contributed by atoms with Crippen molar-refractivity contribution in [2.75, 3.05) is 6.54 Å². The van der Waals surface area contributed by atoms with Crippen LogP contribution in [0.2, 0.25) is 0 Å². The molecule has 1 rings (SSSR count). The topological polar surface area (TPSA) is 12.0 Å². The molecule has 15 heavy (non-hydrogen) atoms. The van der Waals surface area contributed by atoms with Crippen LogP contribution in [-0.2, 0) is 0 Å². The molecule has 0 spiro atoms.